The van der Waals surface area contributed by atoms with E-state index < -0.39 is 6.04 Å². The number of hydrogen-bond acceptors (Lipinski definition) is 0. The van der Waals surface area contributed by atoms with Gasteiger partial charge in [-0.2, -0.15) is 0 Å². The Kier molecular flexibility index (Phi) is 6.03. The summed E-state index contributed by atoms with van der Waals surface area (Å²) >= 11 is 0. The topological polar surface area (TPSA) is 4.93 Å². The zero-order chi connectivity index (χ0) is 42.9. The normalized spacial score (nSPS) is 14.3. The lowest BCUT2D eigenvalue weighted by atomic mass is 9.81. The largest absolute Gasteiger partial charge is 0.308 e. The monoisotopic (exact) mass is 742 g/mol. The molecule has 10 aromatic carbocycles. The van der Waals surface area contributed by atoms with Gasteiger partial charge in [0, 0.05) is 27.6 Å². The lowest BCUT2D eigenvalue weighted by Crippen LogP contribution is -2.14. The van der Waals surface area contributed by atoms with Gasteiger partial charge in [-0.3, -0.25) is 0 Å². The Balaban J connectivity index is 1.19. The third-order valence-corrected chi connectivity index (χ3v) is 12.6. The van der Waals surface area contributed by atoms with Crippen LogP contribution in [-0.4, -0.2) is 4.57 Å². The number of para-hydroxylation sites is 1. The summed E-state index contributed by atoms with van der Waals surface area (Å²) in [5.74, 6) is 0. The number of nitrogens with zero attached hydrogens (tertiary/aromatic N) is 1. The van der Waals surface area contributed by atoms with Crippen molar-refractivity contribution in [2.24, 2.45) is 0 Å². The lowest BCUT2D eigenvalue weighted by molar-refractivity contribution is 0.666. The highest BCUT2D eigenvalue weighted by Crippen LogP contribution is 2.55. The zero-order valence-electron chi connectivity index (χ0n) is 37.1. The van der Waals surface area contributed by atoms with Crippen molar-refractivity contribution in [1.29, 1.82) is 0 Å². The van der Waals surface area contributed by atoms with E-state index in [0.717, 1.165) is 76.9 Å². The predicted octanol–water partition coefficient (Wildman–Crippen LogP) is 15.5. The van der Waals surface area contributed by atoms with Crippen LogP contribution in [0, 0.1) is 0 Å². The molecule has 0 unspecified atom stereocenters. The molecule has 58 heavy (non-hydrogen) atoms. The van der Waals surface area contributed by atoms with E-state index in [1.807, 2.05) is 18.2 Å². The van der Waals surface area contributed by atoms with Gasteiger partial charge in [0.25, 0.3) is 0 Å². The Morgan fingerprint density at radius 1 is 0.431 bits per heavy atom. The van der Waals surface area contributed by atoms with Gasteiger partial charge in [-0.25, -0.2) is 0 Å². The molecule has 1 heteroatoms. The fourth-order valence-electron chi connectivity index (χ4n) is 10.0. The van der Waals surface area contributed by atoms with Crippen molar-refractivity contribution >= 4 is 43.2 Å². The second-order valence-electron chi connectivity index (χ2n) is 16.1. The van der Waals surface area contributed by atoms with Gasteiger partial charge in [-0.1, -0.05) is 196 Å². The van der Waals surface area contributed by atoms with Gasteiger partial charge in [0.2, 0.25) is 0 Å². The van der Waals surface area contributed by atoms with E-state index in [0.29, 0.717) is 5.56 Å². The molecule has 0 atom stereocenters. The molecule has 0 fully saturated rings. The van der Waals surface area contributed by atoms with Crippen LogP contribution in [0.4, 0.5) is 0 Å². The molecule has 0 aliphatic heterocycles. The average Bonchev–Trinajstić information content (AvgIpc) is 3.80. The highest BCUT2D eigenvalue weighted by atomic mass is 15.0. The number of rotatable bonds is 5. The second kappa shape index (κ2) is 12.4. The van der Waals surface area contributed by atoms with Gasteiger partial charge < -0.3 is 4.57 Å². The SMILES string of the molecule is [2H]c1c([2H])c([2H])c(-c2ccc3ccc4c(-c5cccc6c7c(n(-c8cc(-c9ccccc9)cc(-c9ccccc9)c8)c56)-c5ccccc5C7(C)C)ccc5ccc2c3c54)c([2H])c1[2H]. The van der Waals surface area contributed by atoms with Crippen LogP contribution in [0.2, 0.25) is 0 Å². The van der Waals surface area contributed by atoms with Crippen LogP contribution < -0.4 is 0 Å². The third kappa shape index (κ3) is 4.71. The standard InChI is InChI=1S/C57H39N/c1-57(2)51-24-13-12-21-49(51)56-54(57)50-23-14-22-48(55(50)58(56)43-34-41(36-15-6-3-7-16-36)33-42(35-43)37-17-8-4-9-18-37)45-30-26-40-27-31-46-44(38-19-10-5-11-20-38)29-25-39-28-32-47(45)53(40)52(39)46/h3-35H,1-2H3/i5D,10D,11D,19D,20D. The first-order valence-electron chi connectivity index (χ1n) is 22.4. The van der Waals surface area contributed by atoms with Gasteiger partial charge in [0.1, 0.15) is 0 Å². The van der Waals surface area contributed by atoms with Crippen molar-refractivity contribution in [1.82, 2.24) is 4.57 Å². The third-order valence-electron chi connectivity index (χ3n) is 12.6. The van der Waals surface area contributed by atoms with E-state index in [1.165, 1.54) is 27.8 Å². The van der Waals surface area contributed by atoms with Gasteiger partial charge in [-0.15, -0.1) is 0 Å². The Morgan fingerprint density at radius 2 is 1.00 bits per heavy atom. The summed E-state index contributed by atoms with van der Waals surface area (Å²) in [5.41, 5.74) is 14.7. The lowest BCUT2D eigenvalue weighted by Gasteiger charge is -2.22. The van der Waals surface area contributed by atoms with Crippen molar-refractivity contribution in [2.45, 2.75) is 19.3 Å². The van der Waals surface area contributed by atoms with E-state index in [-0.39, 0.29) is 35.1 Å². The molecule has 0 radical (unpaired) electrons. The molecule has 1 aromatic heterocycles. The van der Waals surface area contributed by atoms with E-state index in [9.17, 15) is 0 Å². The first-order chi connectivity index (χ1) is 30.6. The van der Waals surface area contributed by atoms with Crippen LogP contribution in [0.15, 0.2) is 200 Å². The molecule has 0 spiro atoms. The number of benzene rings is 10. The van der Waals surface area contributed by atoms with Crippen molar-refractivity contribution < 1.29 is 6.85 Å². The van der Waals surface area contributed by atoms with Gasteiger partial charge in [0.05, 0.1) is 18.1 Å². The molecule has 11 aromatic rings. The molecule has 1 nitrogen and oxygen atoms in total. The van der Waals surface area contributed by atoms with E-state index in [1.54, 1.807) is 0 Å². The van der Waals surface area contributed by atoms with Crippen LogP contribution >= 0.6 is 0 Å². The summed E-state index contributed by atoms with van der Waals surface area (Å²) in [6, 6.07) is 59.3. The Morgan fingerprint density at radius 3 is 1.67 bits per heavy atom. The first kappa shape index (κ1) is 28.2. The molecule has 0 N–H and O–H groups in total. The van der Waals surface area contributed by atoms with Crippen LogP contribution in [0.1, 0.15) is 31.8 Å². The smallest absolute Gasteiger partial charge is 0.0629 e. The average molecular weight is 743 g/mol. The van der Waals surface area contributed by atoms with Gasteiger partial charge in [0.15, 0.2) is 0 Å². The Labute approximate surface area is 345 Å². The maximum absolute atomic E-state index is 8.88. The predicted molar refractivity (Wildman–Crippen MR) is 246 cm³/mol. The molecular formula is C57H39N. The number of fused-ring (bicyclic) bond motifs is 5. The summed E-state index contributed by atoms with van der Waals surface area (Å²) in [4.78, 5) is 0. The quantitative estimate of drug-likeness (QED) is 0.155. The highest BCUT2D eigenvalue weighted by molar-refractivity contribution is 6.28. The molecular weight excluding hydrogens is 699 g/mol. The second-order valence-corrected chi connectivity index (χ2v) is 16.1. The summed E-state index contributed by atoms with van der Waals surface area (Å²) < 4.78 is 45.5. The van der Waals surface area contributed by atoms with Crippen LogP contribution in [-0.2, 0) is 5.41 Å². The van der Waals surface area contributed by atoms with Crippen molar-refractivity contribution in [3.8, 4) is 61.5 Å². The van der Waals surface area contributed by atoms with Gasteiger partial charge >= 0.3 is 0 Å². The summed E-state index contributed by atoms with van der Waals surface area (Å²) in [7, 11) is 0. The number of aromatic nitrogens is 1. The van der Waals surface area contributed by atoms with Crippen LogP contribution in [0.25, 0.3) is 105 Å². The minimum Gasteiger partial charge on any atom is -0.308 e. The summed E-state index contributed by atoms with van der Waals surface area (Å²) in [6.07, 6.45) is 0. The molecule has 272 valence electrons. The molecule has 12 rings (SSSR count). The molecule has 0 amide bonds. The summed E-state index contributed by atoms with van der Waals surface area (Å²) in [6.45, 7) is 4.71. The Hall–Kier alpha value is -7.22. The van der Waals surface area contributed by atoms with Crippen molar-refractivity contribution in [3.63, 3.8) is 0 Å². The maximum Gasteiger partial charge on any atom is 0.0629 e. The molecule has 1 heterocycles. The van der Waals surface area contributed by atoms with Crippen molar-refractivity contribution in [2.75, 3.05) is 0 Å². The van der Waals surface area contributed by atoms with Crippen LogP contribution in [0.3, 0.4) is 0 Å². The van der Waals surface area contributed by atoms with Gasteiger partial charge in [-0.05, 0) is 101 Å². The maximum atomic E-state index is 8.88. The Bertz CT molecular complexity index is 3610. The molecule has 1 aliphatic rings. The molecule has 0 saturated carbocycles. The van der Waals surface area contributed by atoms with E-state index >= 15 is 0 Å². The minimum absolute atomic E-state index is 0.200. The highest BCUT2D eigenvalue weighted by Gasteiger charge is 2.41. The number of hydrogen-bond donors (Lipinski definition) is 0. The fraction of sp³-hybridized carbons (Fsp3) is 0.0526. The summed E-state index contributed by atoms with van der Waals surface area (Å²) in [5, 5.41) is 7.36. The minimum atomic E-state index is -0.393. The molecule has 0 bridgehead atoms. The molecule has 0 saturated heterocycles. The molecule has 1 aliphatic carbocycles. The van der Waals surface area contributed by atoms with Crippen LogP contribution in [0.5, 0.6) is 0 Å². The fourth-order valence-corrected chi connectivity index (χ4v) is 10.0. The first-order valence-corrected chi connectivity index (χ1v) is 19.9. The van der Waals surface area contributed by atoms with Crippen molar-refractivity contribution in [3.05, 3.63) is 211 Å². The van der Waals surface area contributed by atoms with E-state index in [4.69, 9.17) is 6.85 Å². The zero-order valence-corrected chi connectivity index (χ0v) is 32.1. The van der Waals surface area contributed by atoms with E-state index in [2.05, 4.69) is 170 Å².